The Morgan fingerprint density at radius 2 is 1.61 bits per heavy atom. The van der Waals surface area contributed by atoms with E-state index in [9.17, 15) is 9.59 Å². The van der Waals surface area contributed by atoms with Gasteiger partial charge < -0.3 is 4.74 Å². The Hall–Kier alpha value is -2.34. The van der Waals surface area contributed by atoms with Crippen molar-refractivity contribution in [3.05, 3.63) is 98.4 Å². The highest BCUT2D eigenvalue weighted by Crippen LogP contribution is 2.29. The maximum Gasteiger partial charge on any atom is 0.330 e. The highest BCUT2D eigenvalue weighted by molar-refractivity contribution is 9.10. The minimum absolute atomic E-state index is 0.206. The van der Waals surface area contributed by atoms with Gasteiger partial charge in [-0.05, 0) is 68.8 Å². The lowest BCUT2D eigenvalue weighted by molar-refractivity contribution is -0.156. The van der Waals surface area contributed by atoms with Gasteiger partial charge in [0.15, 0.2) is 0 Å². The minimum atomic E-state index is -0.924. The van der Waals surface area contributed by atoms with Crippen LogP contribution < -0.4 is 4.90 Å². The van der Waals surface area contributed by atoms with E-state index in [0.717, 1.165) is 10.0 Å². The van der Waals surface area contributed by atoms with E-state index in [1.54, 1.807) is 45.0 Å². The quantitative estimate of drug-likeness (QED) is 0.302. The number of nitrogens with zero attached hydrogens (tertiary/aromatic N) is 1. The van der Waals surface area contributed by atoms with E-state index in [1.165, 1.54) is 11.0 Å². The third kappa shape index (κ3) is 6.83. The topological polar surface area (TPSA) is 46.6 Å². The first kappa shape index (κ1) is 25.3. The van der Waals surface area contributed by atoms with Gasteiger partial charge >= 0.3 is 5.97 Å². The number of anilines is 1. The standard InChI is InChI=1S/C26H24BrCl2NO3/c1-26(2,3)33-25(32)23(15-17-7-5-4-6-8-17)30(20-12-9-18(27)10-13-20)24(31)21-14-11-19(28)16-22(21)29/h4-14,16,23H,15H2,1-3H3. The molecule has 0 N–H and O–H groups in total. The molecule has 0 aromatic heterocycles. The van der Waals surface area contributed by atoms with Crippen LogP contribution in [-0.2, 0) is 16.0 Å². The smallest absolute Gasteiger partial charge is 0.330 e. The van der Waals surface area contributed by atoms with Crippen molar-refractivity contribution in [2.75, 3.05) is 4.90 Å². The Morgan fingerprint density at radius 3 is 2.18 bits per heavy atom. The second-order valence-electron chi connectivity index (χ2n) is 8.51. The Balaban J connectivity index is 2.14. The summed E-state index contributed by atoms with van der Waals surface area (Å²) in [5.74, 6) is -0.932. The maximum atomic E-state index is 13.8. The fraction of sp³-hybridized carbons (Fsp3) is 0.231. The summed E-state index contributed by atoms with van der Waals surface area (Å²) >= 11 is 15.8. The molecule has 0 bridgehead atoms. The second kappa shape index (κ2) is 10.7. The van der Waals surface area contributed by atoms with Crippen LogP contribution in [0, 0.1) is 0 Å². The Kier molecular flexibility index (Phi) is 8.22. The summed E-state index contributed by atoms with van der Waals surface area (Å²) in [5, 5.41) is 0.622. The Morgan fingerprint density at radius 1 is 0.970 bits per heavy atom. The molecule has 0 fully saturated rings. The second-order valence-corrected chi connectivity index (χ2v) is 10.3. The summed E-state index contributed by atoms with van der Waals surface area (Å²) < 4.78 is 6.58. The highest BCUT2D eigenvalue weighted by Gasteiger charge is 2.36. The maximum absolute atomic E-state index is 13.8. The number of amides is 1. The van der Waals surface area contributed by atoms with Crippen LogP contribution in [0.4, 0.5) is 5.69 Å². The van der Waals surface area contributed by atoms with Crippen molar-refractivity contribution in [1.29, 1.82) is 0 Å². The van der Waals surface area contributed by atoms with Gasteiger partial charge in [-0.25, -0.2) is 4.79 Å². The van der Waals surface area contributed by atoms with E-state index in [2.05, 4.69) is 15.9 Å². The van der Waals surface area contributed by atoms with Gasteiger partial charge in [0.1, 0.15) is 11.6 Å². The molecular weight excluding hydrogens is 525 g/mol. The molecule has 0 aliphatic carbocycles. The van der Waals surface area contributed by atoms with Crippen molar-refractivity contribution in [2.45, 2.75) is 38.8 Å². The summed E-state index contributed by atoms with van der Waals surface area (Å²) in [6.07, 6.45) is 0.267. The molecule has 1 amide bonds. The van der Waals surface area contributed by atoms with E-state index >= 15 is 0 Å². The fourth-order valence-corrected chi connectivity index (χ4v) is 4.07. The van der Waals surface area contributed by atoms with Crippen LogP contribution >= 0.6 is 39.1 Å². The molecule has 0 saturated carbocycles. The van der Waals surface area contributed by atoms with Gasteiger partial charge in [0, 0.05) is 21.6 Å². The zero-order chi connectivity index (χ0) is 24.2. The number of carbonyl (C=O) groups excluding carboxylic acids is 2. The van der Waals surface area contributed by atoms with Crippen molar-refractivity contribution in [3.8, 4) is 0 Å². The van der Waals surface area contributed by atoms with Gasteiger partial charge in [-0.15, -0.1) is 0 Å². The van der Waals surface area contributed by atoms with Crippen LogP contribution in [0.2, 0.25) is 10.0 Å². The number of hydrogen-bond donors (Lipinski definition) is 0. The van der Waals surface area contributed by atoms with E-state index in [-0.39, 0.29) is 17.0 Å². The predicted octanol–water partition coefficient (Wildman–Crippen LogP) is 7.36. The molecule has 7 heteroatoms. The summed E-state index contributed by atoms with van der Waals surface area (Å²) in [4.78, 5) is 28.7. The Labute approximate surface area is 212 Å². The number of benzene rings is 3. The molecule has 0 saturated heterocycles. The minimum Gasteiger partial charge on any atom is -0.458 e. The Bertz CT molecular complexity index is 1130. The van der Waals surface area contributed by atoms with Crippen molar-refractivity contribution in [3.63, 3.8) is 0 Å². The van der Waals surface area contributed by atoms with Gasteiger partial charge in [-0.2, -0.15) is 0 Å². The van der Waals surface area contributed by atoms with Crippen LogP contribution in [0.5, 0.6) is 0 Å². The molecule has 1 atom stereocenters. The van der Waals surface area contributed by atoms with Gasteiger partial charge in [0.25, 0.3) is 5.91 Å². The van der Waals surface area contributed by atoms with Crippen molar-refractivity contribution >= 4 is 56.7 Å². The van der Waals surface area contributed by atoms with Crippen LogP contribution in [0.15, 0.2) is 77.3 Å². The van der Waals surface area contributed by atoms with Crippen molar-refractivity contribution in [1.82, 2.24) is 0 Å². The van der Waals surface area contributed by atoms with E-state index in [1.807, 2.05) is 42.5 Å². The lowest BCUT2D eigenvalue weighted by Crippen LogP contribution is -2.49. The molecule has 0 heterocycles. The van der Waals surface area contributed by atoms with E-state index < -0.39 is 23.5 Å². The molecule has 0 aliphatic rings. The van der Waals surface area contributed by atoms with Gasteiger partial charge in [-0.3, -0.25) is 9.69 Å². The molecule has 4 nitrogen and oxygen atoms in total. The molecule has 0 spiro atoms. The summed E-state index contributed by atoms with van der Waals surface area (Å²) in [7, 11) is 0. The van der Waals surface area contributed by atoms with Crippen molar-refractivity contribution < 1.29 is 14.3 Å². The number of halogens is 3. The average Bonchev–Trinajstić information content (AvgIpc) is 2.74. The van der Waals surface area contributed by atoms with Gasteiger partial charge in [0.2, 0.25) is 0 Å². The number of carbonyl (C=O) groups is 2. The monoisotopic (exact) mass is 547 g/mol. The van der Waals surface area contributed by atoms with Crippen LogP contribution in [-0.4, -0.2) is 23.5 Å². The third-order valence-electron chi connectivity index (χ3n) is 4.75. The predicted molar refractivity (Wildman–Crippen MR) is 137 cm³/mol. The van der Waals surface area contributed by atoms with Crippen molar-refractivity contribution in [2.24, 2.45) is 0 Å². The SMILES string of the molecule is CC(C)(C)OC(=O)C(Cc1ccccc1)N(C(=O)c1ccc(Cl)cc1Cl)c1ccc(Br)cc1. The first-order chi connectivity index (χ1) is 15.5. The normalized spacial score (nSPS) is 12.2. The summed E-state index contributed by atoms with van der Waals surface area (Å²) in [6, 6.07) is 20.4. The number of rotatable bonds is 6. The molecule has 3 aromatic carbocycles. The van der Waals surface area contributed by atoms with Crippen LogP contribution in [0.1, 0.15) is 36.7 Å². The first-order valence-electron chi connectivity index (χ1n) is 10.4. The fourth-order valence-electron chi connectivity index (χ4n) is 3.32. The van der Waals surface area contributed by atoms with Gasteiger partial charge in [0.05, 0.1) is 10.6 Å². The molecule has 3 rings (SSSR count). The molecule has 0 radical (unpaired) electrons. The highest BCUT2D eigenvalue weighted by atomic mass is 79.9. The number of esters is 1. The average molecular weight is 549 g/mol. The number of ether oxygens (including phenoxy) is 1. The largest absolute Gasteiger partial charge is 0.458 e. The zero-order valence-corrected chi connectivity index (χ0v) is 21.6. The molecule has 0 aliphatic heterocycles. The molecule has 1 unspecified atom stereocenters. The van der Waals surface area contributed by atoms with Crippen LogP contribution in [0.25, 0.3) is 0 Å². The van der Waals surface area contributed by atoms with Gasteiger partial charge in [-0.1, -0.05) is 69.5 Å². The summed E-state index contributed by atoms with van der Waals surface area (Å²) in [5.41, 5.74) is 0.954. The first-order valence-corrected chi connectivity index (χ1v) is 11.9. The molecule has 172 valence electrons. The lowest BCUT2D eigenvalue weighted by atomic mass is 10.0. The third-order valence-corrected chi connectivity index (χ3v) is 5.82. The van der Waals surface area contributed by atoms with E-state index in [0.29, 0.717) is 10.7 Å². The van der Waals surface area contributed by atoms with E-state index in [4.69, 9.17) is 27.9 Å². The van der Waals surface area contributed by atoms with Crippen LogP contribution in [0.3, 0.4) is 0 Å². The lowest BCUT2D eigenvalue weighted by Gasteiger charge is -2.33. The molecule has 3 aromatic rings. The summed E-state index contributed by atoms with van der Waals surface area (Å²) in [6.45, 7) is 5.39. The number of hydrogen-bond acceptors (Lipinski definition) is 3. The molecular formula is C26H24BrCl2NO3. The molecule has 33 heavy (non-hydrogen) atoms. The zero-order valence-electron chi connectivity index (χ0n) is 18.5.